The van der Waals surface area contributed by atoms with Gasteiger partial charge in [0.25, 0.3) is 11.6 Å². The lowest BCUT2D eigenvalue weighted by molar-refractivity contribution is -0.384. The van der Waals surface area contributed by atoms with Crippen molar-refractivity contribution in [1.82, 2.24) is 5.43 Å². The van der Waals surface area contributed by atoms with E-state index in [4.69, 9.17) is 9.47 Å². The van der Waals surface area contributed by atoms with E-state index in [2.05, 4.69) is 10.5 Å². The van der Waals surface area contributed by atoms with E-state index in [-0.39, 0.29) is 17.1 Å². The van der Waals surface area contributed by atoms with E-state index in [1.54, 1.807) is 19.1 Å². The number of rotatable bonds is 9. The number of non-ortho nitro benzene ring substituents is 1. The molecule has 0 saturated heterocycles. The van der Waals surface area contributed by atoms with Crippen LogP contribution in [0.3, 0.4) is 0 Å². The van der Waals surface area contributed by atoms with E-state index in [9.17, 15) is 23.3 Å². The first kappa shape index (κ1) is 23.6. The zero-order valence-corrected chi connectivity index (χ0v) is 18.2. The minimum Gasteiger partial charge on any atom is -0.497 e. The van der Waals surface area contributed by atoms with Gasteiger partial charge in [0.15, 0.2) is 0 Å². The lowest BCUT2D eigenvalue weighted by Crippen LogP contribution is -2.39. The number of carbonyl (C=O) groups excluding carboxylic acids is 1. The van der Waals surface area contributed by atoms with Crippen molar-refractivity contribution in [3.05, 3.63) is 58.1 Å². The lowest BCUT2D eigenvalue weighted by Gasteiger charge is -2.23. The number of sulfonamides is 1. The molecule has 31 heavy (non-hydrogen) atoms. The predicted octanol–water partition coefficient (Wildman–Crippen LogP) is 1.92. The molecule has 0 saturated carbocycles. The average Bonchev–Trinajstić information content (AvgIpc) is 2.74. The summed E-state index contributed by atoms with van der Waals surface area (Å²) in [7, 11) is -1.02. The maximum atomic E-state index is 12.4. The van der Waals surface area contributed by atoms with Gasteiger partial charge in [-0.15, -0.1) is 0 Å². The molecular weight excluding hydrogens is 428 g/mol. The molecule has 0 aliphatic heterocycles. The van der Waals surface area contributed by atoms with Crippen LogP contribution in [0.1, 0.15) is 12.5 Å². The third kappa shape index (κ3) is 6.15. The number of benzene rings is 2. The van der Waals surface area contributed by atoms with Crippen LogP contribution in [0.5, 0.6) is 11.5 Å². The van der Waals surface area contributed by atoms with Gasteiger partial charge in [-0.2, -0.15) is 5.10 Å². The molecule has 0 fully saturated rings. The van der Waals surface area contributed by atoms with Crippen molar-refractivity contribution in [3.8, 4) is 11.5 Å². The molecule has 166 valence electrons. The molecule has 0 atom stereocenters. The van der Waals surface area contributed by atoms with Crippen LogP contribution in [0.2, 0.25) is 0 Å². The molecule has 12 heteroatoms. The van der Waals surface area contributed by atoms with Gasteiger partial charge >= 0.3 is 0 Å². The van der Waals surface area contributed by atoms with Gasteiger partial charge in [-0.3, -0.25) is 19.2 Å². The van der Waals surface area contributed by atoms with Crippen LogP contribution in [0.25, 0.3) is 0 Å². The van der Waals surface area contributed by atoms with Gasteiger partial charge in [-0.25, -0.2) is 13.8 Å². The van der Waals surface area contributed by atoms with Crippen molar-refractivity contribution >= 4 is 33.0 Å². The fourth-order valence-electron chi connectivity index (χ4n) is 2.59. The van der Waals surface area contributed by atoms with Crippen molar-refractivity contribution in [2.75, 3.05) is 31.3 Å². The van der Waals surface area contributed by atoms with Gasteiger partial charge in [0, 0.05) is 23.8 Å². The van der Waals surface area contributed by atoms with Gasteiger partial charge < -0.3 is 9.47 Å². The Morgan fingerprint density at radius 1 is 1.19 bits per heavy atom. The summed E-state index contributed by atoms with van der Waals surface area (Å²) in [6.45, 7) is 0.993. The zero-order valence-electron chi connectivity index (χ0n) is 17.4. The van der Waals surface area contributed by atoms with Crippen molar-refractivity contribution in [1.29, 1.82) is 0 Å². The van der Waals surface area contributed by atoms with Crippen LogP contribution in [-0.4, -0.2) is 52.0 Å². The van der Waals surface area contributed by atoms with Crippen LogP contribution in [0, 0.1) is 10.1 Å². The van der Waals surface area contributed by atoms with E-state index in [1.165, 1.54) is 44.6 Å². The third-order valence-corrected chi connectivity index (χ3v) is 5.29. The van der Waals surface area contributed by atoms with Gasteiger partial charge in [0.1, 0.15) is 18.0 Å². The molecule has 0 heterocycles. The highest BCUT2D eigenvalue weighted by Crippen LogP contribution is 2.33. The molecule has 2 rings (SSSR count). The van der Waals surface area contributed by atoms with Gasteiger partial charge in [0.2, 0.25) is 10.0 Å². The van der Waals surface area contributed by atoms with E-state index < -0.39 is 27.4 Å². The number of nitro groups is 1. The normalized spacial score (nSPS) is 11.5. The summed E-state index contributed by atoms with van der Waals surface area (Å²) in [5.74, 6) is -0.0578. The fourth-order valence-corrected chi connectivity index (χ4v) is 3.45. The van der Waals surface area contributed by atoms with Crippen molar-refractivity contribution < 1.29 is 27.6 Å². The first-order valence-electron chi connectivity index (χ1n) is 8.84. The first-order valence-corrected chi connectivity index (χ1v) is 10.7. The van der Waals surface area contributed by atoms with E-state index in [1.807, 2.05) is 0 Å². The molecule has 0 aromatic heterocycles. The highest BCUT2D eigenvalue weighted by atomic mass is 32.2. The largest absolute Gasteiger partial charge is 0.497 e. The third-order valence-electron chi connectivity index (χ3n) is 4.17. The maximum absolute atomic E-state index is 12.4. The number of hydrogen-bond donors (Lipinski definition) is 1. The molecule has 2 aromatic rings. The van der Waals surface area contributed by atoms with E-state index in [0.29, 0.717) is 17.0 Å². The molecule has 1 N–H and O–H groups in total. The summed E-state index contributed by atoms with van der Waals surface area (Å²) in [4.78, 5) is 22.8. The van der Waals surface area contributed by atoms with Gasteiger partial charge in [0.05, 0.1) is 36.8 Å². The van der Waals surface area contributed by atoms with E-state index in [0.717, 1.165) is 10.6 Å². The topological polar surface area (TPSA) is 140 Å². The van der Waals surface area contributed by atoms with Crippen LogP contribution in [0.4, 0.5) is 11.4 Å². The standard InChI is InChI=1S/C19H22N4O7S/c1-13(14-6-5-7-15(10-14)23(25)26)20-21-19(24)12-22(31(4,27)28)17-9-8-16(29-2)11-18(17)30-3/h5-11H,12H2,1-4H3,(H,21,24)/b20-13-. The molecule has 2 aromatic carbocycles. The molecule has 0 spiro atoms. The Kier molecular flexibility index (Phi) is 7.53. The van der Waals surface area contributed by atoms with Crippen molar-refractivity contribution in [3.63, 3.8) is 0 Å². The first-order chi connectivity index (χ1) is 14.6. The minimum atomic E-state index is -3.84. The summed E-state index contributed by atoms with van der Waals surface area (Å²) in [5, 5.41) is 14.8. The summed E-state index contributed by atoms with van der Waals surface area (Å²) < 4.78 is 35.8. The molecule has 11 nitrogen and oxygen atoms in total. The summed E-state index contributed by atoms with van der Waals surface area (Å²) in [6.07, 6.45) is 0.960. The lowest BCUT2D eigenvalue weighted by atomic mass is 10.1. The molecular formula is C19H22N4O7S. The second kappa shape index (κ2) is 9.89. The number of anilines is 1. The van der Waals surface area contributed by atoms with Crippen molar-refractivity contribution in [2.45, 2.75) is 6.92 Å². The predicted molar refractivity (Wildman–Crippen MR) is 115 cm³/mol. The number of carbonyl (C=O) groups is 1. The Bertz CT molecular complexity index is 1120. The quantitative estimate of drug-likeness (QED) is 0.349. The summed E-state index contributed by atoms with van der Waals surface area (Å²) in [5.41, 5.74) is 3.05. The summed E-state index contributed by atoms with van der Waals surface area (Å²) >= 11 is 0. The molecule has 0 bridgehead atoms. The fraction of sp³-hybridized carbons (Fsp3) is 0.263. The Balaban J connectivity index is 2.24. The van der Waals surface area contributed by atoms with Crippen LogP contribution in [0.15, 0.2) is 47.6 Å². The SMILES string of the molecule is COc1ccc(N(CC(=O)N/N=C(/C)c2cccc([N+](=O)[O-])c2)S(C)(=O)=O)c(OC)c1. The van der Waals surface area contributed by atoms with Gasteiger partial charge in [-0.1, -0.05) is 12.1 Å². The second-order valence-corrected chi connectivity index (χ2v) is 8.25. The number of methoxy groups -OCH3 is 2. The number of nitrogens with zero attached hydrogens (tertiary/aromatic N) is 3. The smallest absolute Gasteiger partial charge is 0.270 e. The average molecular weight is 450 g/mol. The van der Waals surface area contributed by atoms with Crippen LogP contribution < -0.4 is 19.2 Å². The second-order valence-electron chi connectivity index (χ2n) is 6.35. The van der Waals surface area contributed by atoms with Crippen molar-refractivity contribution in [2.24, 2.45) is 5.10 Å². The molecule has 1 amide bonds. The Morgan fingerprint density at radius 2 is 1.90 bits per heavy atom. The number of hydrogen-bond acceptors (Lipinski definition) is 8. The Morgan fingerprint density at radius 3 is 2.48 bits per heavy atom. The number of amides is 1. The molecule has 0 aliphatic rings. The highest BCUT2D eigenvalue weighted by molar-refractivity contribution is 7.92. The van der Waals surface area contributed by atoms with Crippen LogP contribution >= 0.6 is 0 Å². The molecule has 0 unspecified atom stereocenters. The molecule has 0 aliphatic carbocycles. The van der Waals surface area contributed by atoms with Crippen LogP contribution in [-0.2, 0) is 14.8 Å². The monoisotopic (exact) mass is 450 g/mol. The minimum absolute atomic E-state index is 0.117. The van der Waals surface area contributed by atoms with Gasteiger partial charge in [-0.05, 0) is 19.1 Å². The van der Waals surface area contributed by atoms with E-state index >= 15 is 0 Å². The number of ether oxygens (including phenoxy) is 2. The summed E-state index contributed by atoms with van der Waals surface area (Å²) in [6, 6.07) is 10.2. The number of hydrazone groups is 1. The molecule has 0 radical (unpaired) electrons. The zero-order chi connectivity index (χ0) is 23.2. The number of nitrogens with one attached hydrogen (secondary N) is 1. The maximum Gasteiger partial charge on any atom is 0.270 e. The highest BCUT2D eigenvalue weighted by Gasteiger charge is 2.24. The number of nitro benzene ring substituents is 1. The Labute approximate surface area is 179 Å². The Hall–Kier alpha value is -3.67.